The number of halogens is 3. The number of benzene rings is 1. The van der Waals surface area contributed by atoms with Gasteiger partial charge in [-0.25, -0.2) is 13.6 Å². The van der Waals surface area contributed by atoms with Crippen molar-refractivity contribution < 1.29 is 8.78 Å². The van der Waals surface area contributed by atoms with Gasteiger partial charge in [-0.15, -0.1) is 10.2 Å². The molecule has 168 valence electrons. The van der Waals surface area contributed by atoms with E-state index in [0.29, 0.717) is 30.8 Å². The molecular formula is C19H19ClF2N8O2. The number of aromatic nitrogens is 8. The molecule has 0 aliphatic heterocycles. The van der Waals surface area contributed by atoms with Crippen molar-refractivity contribution in [3.63, 3.8) is 0 Å². The van der Waals surface area contributed by atoms with Crippen molar-refractivity contribution in [3.05, 3.63) is 67.3 Å². The molecule has 0 aliphatic carbocycles. The monoisotopic (exact) mass is 464 g/mol. The second-order valence-corrected chi connectivity index (χ2v) is 7.58. The van der Waals surface area contributed by atoms with E-state index in [2.05, 4.69) is 25.4 Å². The van der Waals surface area contributed by atoms with E-state index in [1.54, 1.807) is 0 Å². The summed E-state index contributed by atoms with van der Waals surface area (Å²) in [6.45, 7) is 2.71. The molecule has 10 nitrogen and oxygen atoms in total. The molecule has 3 heterocycles. The van der Waals surface area contributed by atoms with E-state index in [1.807, 2.05) is 6.92 Å². The predicted octanol–water partition coefficient (Wildman–Crippen LogP) is 1.90. The van der Waals surface area contributed by atoms with E-state index in [9.17, 15) is 18.4 Å². The third-order valence-corrected chi connectivity index (χ3v) is 4.98. The predicted molar refractivity (Wildman–Crippen MR) is 112 cm³/mol. The van der Waals surface area contributed by atoms with Crippen LogP contribution in [-0.4, -0.2) is 39.3 Å². The number of aromatic amines is 1. The Kier molecular flexibility index (Phi) is 6.12. The molecule has 4 aromatic rings. The van der Waals surface area contributed by atoms with Crippen LogP contribution in [0.25, 0.3) is 11.2 Å². The van der Waals surface area contributed by atoms with E-state index >= 15 is 0 Å². The van der Waals surface area contributed by atoms with Gasteiger partial charge in [0.25, 0.3) is 5.56 Å². The van der Waals surface area contributed by atoms with Crippen LogP contribution in [-0.2, 0) is 26.1 Å². The maximum absolute atomic E-state index is 13.3. The molecule has 1 aromatic carbocycles. The summed E-state index contributed by atoms with van der Waals surface area (Å²) in [5, 5.41) is 12.0. The smallest absolute Gasteiger partial charge is 0.323 e. The first-order chi connectivity index (χ1) is 15.4. The maximum Gasteiger partial charge on any atom is 0.332 e. The number of imidazole rings is 1. The second-order valence-electron chi connectivity index (χ2n) is 7.23. The number of rotatable bonds is 8. The van der Waals surface area contributed by atoms with Gasteiger partial charge in [0.15, 0.2) is 17.0 Å². The molecule has 0 saturated carbocycles. The van der Waals surface area contributed by atoms with Gasteiger partial charge in [0, 0.05) is 25.6 Å². The van der Waals surface area contributed by atoms with Gasteiger partial charge in [-0.05, 0) is 47.4 Å². The summed E-state index contributed by atoms with van der Waals surface area (Å²) in [5.41, 5.74) is -0.174. The van der Waals surface area contributed by atoms with Crippen LogP contribution >= 0.6 is 11.6 Å². The molecule has 0 bridgehead atoms. The van der Waals surface area contributed by atoms with Gasteiger partial charge < -0.3 is 4.98 Å². The standard InChI is InChI=1S/C19H19ClF2N8O2/c1-2-4-28-16-15(23-18(20)24-16)17(31)29(19(28)32)5-3-6-30-26-14(25-27-30)9-11-7-12(21)10-13(22)8-11/h7-8,10H,2-6,9H2,1H3,(H,23,24). The molecule has 13 heteroatoms. The van der Waals surface area contributed by atoms with E-state index in [1.165, 1.54) is 21.5 Å². The highest BCUT2D eigenvalue weighted by molar-refractivity contribution is 6.28. The quantitative estimate of drug-likeness (QED) is 0.398. The molecule has 0 radical (unpaired) electrons. The summed E-state index contributed by atoms with van der Waals surface area (Å²) in [7, 11) is 0. The Morgan fingerprint density at radius 1 is 1.06 bits per heavy atom. The molecular weight excluding hydrogens is 446 g/mol. The number of hydrogen-bond acceptors (Lipinski definition) is 6. The first kappa shape index (κ1) is 21.8. The molecule has 0 spiro atoms. The van der Waals surface area contributed by atoms with Crippen LogP contribution in [0, 0.1) is 11.6 Å². The number of nitrogens with zero attached hydrogens (tertiary/aromatic N) is 7. The van der Waals surface area contributed by atoms with Crippen LogP contribution < -0.4 is 11.2 Å². The third kappa shape index (κ3) is 4.44. The molecule has 3 aromatic heterocycles. The highest BCUT2D eigenvalue weighted by Crippen LogP contribution is 2.11. The molecule has 1 N–H and O–H groups in total. The van der Waals surface area contributed by atoms with Crippen molar-refractivity contribution in [1.82, 2.24) is 39.3 Å². The van der Waals surface area contributed by atoms with Crippen LogP contribution in [0.15, 0.2) is 27.8 Å². The van der Waals surface area contributed by atoms with Crippen molar-refractivity contribution in [2.24, 2.45) is 0 Å². The lowest BCUT2D eigenvalue weighted by Crippen LogP contribution is -2.40. The second kappa shape index (κ2) is 8.99. The zero-order valence-electron chi connectivity index (χ0n) is 17.1. The number of aryl methyl sites for hydroxylation is 2. The highest BCUT2D eigenvalue weighted by Gasteiger charge is 2.16. The molecule has 0 unspecified atom stereocenters. The minimum absolute atomic E-state index is 0.0385. The van der Waals surface area contributed by atoms with E-state index in [-0.39, 0.29) is 36.0 Å². The fourth-order valence-electron chi connectivity index (χ4n) is 3.47. The molecule has 0 atom stereocenters. The van der Waals surface area contributed by atoms with Crippen LogP contribution in [0.4, 0.5) is 8.78 Å². The molecule has 0 aliphatic rings. The first-order valence-corrected chi connectivity index (χ1v) is 10.3. The van der Waals surface area contributed by atoms with E-state index in [4.69, 9.17) is 11.6 Å². The zero-order valence-corrected chi connectivity index (χ0v) is 17.8. The summed E-state index contributed by atoms with van der Waals surface area (Å²) >= 11 is 5.90. The van der Waals surface area contributed by atoms with E-state index in [0.717, 1.165) is 10.6 Å². The Hall–Kier alpha value is -3.41. The highest BCUT2D eigenvalue weighted by atomic mass is 35.5. The number of tetrazole rings is 1. The average molecular weight is 465 g/mol. The van der Waals surface area contributed by atoms with Crippen LogP contribution in [0.1, 0.15) is 31.2 Å². The maximum atomic E-state index is 13.3. The first-order valence-electron chi connectivity index (χ1n) is 9.96. The van der Waals surface area contributed by atoms with E-state index < -0.39 is 22.9 Å². The summed E-state index contributed by atoms with van der Waals surface area (Å²) in [5.74, 6) is -1.06. The Labute approximate surface area is 184 Å². The Morgan fingerprint density at radius 2 is 1.81 bits per heavy atom. The summed E-state index contributed by atoms with van der Waals surface area (Å²) < 4.78 is 29.2. The largest absolute Gasteiger partial charge is 0.332 e. The molecule has 0 amide bonds. The van der Waals surface area contributed by atoms with Crippen molar-refractivity contribution in [2.75, 3.05) is 0 Å². The van der Waals surface area contributed by atoms with Gasteiger partial charge in [0.05, 0.1) is 6.54 Å². The zero-order chi connectivity index (χ0) is 22.8. The van der Waals surface area contributed by atoms with Gasteiger partial charge in [-0.1, -0.05) is 6.92 Å². The Balaban J connectivity index is 1.48. The van der Waals surface area contributed by atoms with Crippen LogP contribution in [0.3, 0.4) is 0 Å². The van der Waals surface area contributed by atoms with Gasteiger partial charge in [-0.3, -0.25) is 13.9 Å². The molecule has 0 fully saturated rings. The van der Waals surface area contributed by atoms with Crippen molar-refractivity contribution in [3.8, 4) is 0 Å². The van der Waals surface area contributed by atoms with Gasteiger partial charge in [0.1, 0.15) is 11.6 Å². The van der Waals surface area contributed by atoms with Crippen molar-refractivity contribution in [2.45, 2.75) is 45.8 Å². The summed E-state index contributed by atoms with van der Waals surface area (Å²) in [6.07, 6.45) is 1.17. The lowest BCUT2D eigenvalue weighted by molar-refractivity contribution is 0.452. The normalized spacial score (nSPS) is 11.5. The number of hydrogen-bond donors (Lipinski definition) is 1. The fourth-order valence-corrected chi connectivity index (χ4v) is 3.64. The van der Waals surface area contributed by atoms with Gasteiger partial charge in [-0.2, -0.15) is 9.78 Å². The fraction of sp³-hybridized carbons (Fsp3) is 0.368. The minimum atomic E-state index is -0.679. The molecule has 32 heavy (non-hydrogen) atoms. The Morgan fingerprint density at radius 3 is 2.53 bits per heavy atom. The number of nitrogens with one attached hydrogen (secondary N) is 1. The van der Waals surface area contributed by atoms with Crippen LogP contribution in [0.2, 0.25) is 5.28 Å². The SMILES string of the molecule is CCCn1c(=O)n(CCCn2nnc(Cc3cc(F)cc(F)c3)n2)c(=O)c2[nH]c(Cl)nc21. The number of fused-ring (bicyclic) bond motifs is 1. The number of H-pyrrole nitrogens is 1. The third-order valence-electron chi connectivity index (χ3n) is 4.80. The molecule has 4 rings (SSSR count). The Bertz CT molecular complexity index is 1370. The van der Waals surface area contributed by atoms with Crippen molar-refractivity contribution >= 4 is 22.8 Å². The average Bonchev–Trinajstić information content (AvgIpc) is 3.33. The lowest BCUT2D eigenvalue weighted by atomic mass is 10.1. The summed E-state index contributed by atoms with van der Waals surface area (Å²) in [4.78, 5) is 33.6. The molecule has 0 saturated heterocycles. The lowest BCUT2D eigenvalue weighted by Gasteiger charge is -2.10. The van der Waals surface area contributed by atoms with Gasteiger partial charge in [0.2, 0.25) is 5.28 Å². The van der Waals surface area contributed by atoms with Crippen molar-refractivity contribution in [1.29, 1.82) is 0 Å². The topological polar surface area (TPSA) is 116 Å². The van der Waals surface area contributed by atoms with Crippen LogP contribution in [0.5, 0.6) is 0 Å². The summed E-state index contributed by atoms with van der Waals surface area (Å²) in [6, 6.07) is 3.20. The van der Waals surface area contributed by atoms with Gasteiger partial charge >= 0.3 is 5.69 Å². The minimum Gasteiger partial charge on any atom is -0.323 e.